The molecule has 1 heterocycles. The van der Waals surface area contributed by atoms with E-state index < -0.39 is 0 Å². The zero-order valence-electron chi connectivity index (χ0n) is 12.2. The molecule has 1 saturated carbocycles. The van der Waals surface area contributed by atoms with Crippen molar-refractivity contribution in [1.29, 1.82) is 0 Å². The van der Waals surface area contributed by atoms with Crippen LogP contribution in [0.3, 0.4) is 0 Å². The predicted octanol–water partition coefficient (Wildman–Crippen LogP) is 5.40. The van der Waals surface area contributed by atoms with Crippen molar-refractivity contribution in [1.82, 2.24) is 4.90 Å². The highest BCUT2D eigenvalue weighted by Gasteiger charge is 2.36. The Balaban J connectivity index is 1.69. The highest BCUT2D eigenvalue weighted by molar-refractivity contribution is 9.11. The fraction of sp³-hybridized carbons (Fsp3) is 0.588. The van der Waals surface area contributed by atoms with Gasteiger partial charge < -0.3 is 4.90 Å². The van der Waals surface area contributed by atoms with E-state index in [1.165, 1.54) is 44.9 Å². The van der Waals surface area contributed by atoms with Gasteiger partial charge in [0, 0.05) is 22.0 Å². The number of hydrogen-bond acceptors (Lipinski definition) is 1. The van der Waals surface area contributed by atoms with Crippen molar-refractivity contribution in [2.75, 3.05) is 13.1 Å². The molecular formula is C17H21Br2NO. The minimum atomic E-state index is 0.161. The summed E-state index contributed by atoms with van der Waals surface area (Å²) in [5, 5.41) is 0. The van der Waals surface area contributed by atoms with Crippen LogP contribution in [0.25, 0.3) is 0 Å². The number of carbonyl (C=O) groups excluding carboxylic acids is 1. The molecule has 1 aliphatic heterocycles. The zero-order chi connectivity index (χ0) is 14.9. The molecule has 0 bridgehead atoms. The van der Waals surface area contributed by atoms with Gasteiger partial charge in [-0.25, -0.2) is 0 Å². The van der Waals surface area contributed by atoms with E-state index in [2.05, 4.69) is 31.9 Å². The van der Waals surface area contributed by atoms with Crippen LogP contribution in [-0.2, 0) is 0 Å². The predicted molar refractivity (Wildman–Crippen MR) is 92.5 cm³/mol. The lowest BCUT2D eigenvalue weighted by molar-refractivity contribution is 0.0471. The van der Waals surface area contributed by atoms with E-state index in [0.717, 1.165) is 27.6 Å². The quantitative estimate of drug-likeness (QED) is 0.602. The number of carbonyl (C=O) groups is 1. The first-order valence-electron chi connectivity index (χ1n) is 7.84. The summed E-state index contributed by atoms with van der Waals surface area (Å²) in [6.07, 6.45) is 9.27. The van der Waals surface area contributed by atoms with Gasteiger partial charge in [0.2, 0.25) is 0 Å². The van der Waals surface area contributed by atoms with Gasteiger partial charge in [-0.2, -0.15) is 0 Å². The van der Waals surface area contributed by atoms with Crippen molar-refractivity contribution in [3.8, 4) is 0 Å². The largest absolute Gasteiger partial charge is 0.339 e. The Morgan fingerprint density at radius 3 is 2.33 bits per heavy atom. The van der Waals surface area contributed by atoms with Crippen LogP contribution < -0.4 is 0 Å². The average molecular weight is 415 g/mol. The molecule has 1 saturated heterocycles. The first kappa shape index (κ1) is 15.5. The van der Waals surface area contributed by atoms with Crippen LogP contribution in [0.1, 0.15) is 55.3 Å². The molecule has 2 aliphatic rings. The normalized spacial score (nSPS) is 21.5. The Bertz CT molecular complexity index is 528. The van der Waals surface area contributed by atoms with E-state index in [0.29, 0.717) is 5.41 Å². The Hall–Kier alpha value is -0.350. The van der Waals surface area contributed by atoms with Gasteiger partial charge >= 0.3 is 0 Å². The van der Waals surface area contributed by atoms with Crippen molar-refractivity contribution in [3.63, 3.8) is 0 Å². The summed E-state index contributed by atoms with van der Waals surface area (Å²) in [5.74, 6) is 0.161. The number of piperidine rings is 1. The summed E-state index contributed by atoms with van der Waals surface area (Å²) in [6, 6.07) is 5.80. The summed E-state index contributed by atoms with van der Waals surface area (Å²) >= 11 is 6.95. The molecule has 0 unspecified atom stereocenters. The van der Waals surface area contributed by atoms with Crippen LogP contribution in [0.15, 0.2) is 27.1 Å². The highest BCUT2D eigenvalue weighted by atomic mass is 79.9. The van der Waals surface area contributed by atoms with Crippen LogP contribution in [0, 0.1) is 5.41 Å². The van der Waals surface area contributed by atoms with Crippen molar-refractivity contribution >= 4 is 37.8 Å². The van der Waals surface area contributed by atoms with Gasteiger partial charge in [-0.1, -0.05) is 35.2 Å². The third-order valence-electron chi connectivity index (χ3n) is 5.18. The van der Waals surface area contributed by atoms with Crippen molar-refractivity contribution < 1.29 is 4.79 Å². The number of amides is 1. The smallest absolute Gasteiger partial charge is 0.255 e. The van der Waals surface area contributed by atoms with Crippen LogP contribution in [0.2, 0.25) is 0 Å². The van der Waals surface area contributed by atoms with Gasteiger partial charge in [0.05, 0.1) is 5.56 Å². The molecule has 0 atom stereocenters. The Labute approximate surface area is 143 Å². The molecule has 2 fully saturated rings. The number of likely N-dealkylation sites (tertiary alicyclic amines) is 1. The summed E-state index contributed by atoms with van der Waals surface area (Å²) in [4.78, 5) is 14.8. The fourth-order valence-electron chi connectivity index (χ4n) is 3.82. The van der Waals surface area contributed by atoms with Crippen LogP contribution in [0.4, 0.5) is 0 Å². The first-order valence-corrected chi connectivity index (χ1v) is 9.43. The van der Waals surface area contributed by atoms with E-state index in [4.69, 9.17) is 0 Å². The van der Waals surface area contributed by atoms with Gasteiger partial charge in [-0.3, -0.25) is 4.79 Å². The van der Waals surface area contributed by atoms with E-state index in [9.17, 15) is 4.79 Å². The Kier molecular flexibility index (Phi) is 4.75. The maximum atomic E-state index is 12.7. The molecule has 2 nitrogen and oxygen atoms in total. The lowest BCUT2D eigenvalue weighted by Gasteiger charge is -2.44. The van der Waals surface area contributed by atoms with Crippen LogP contribution in [-0.4, -0.2) is 23.9 Å². The van der Waals surface area contributed by atoms with E-state index in [1.807, 2.05) is 23.1 Å². The monoisotopic (exact) mass is 413 g/mol. The second-order valence-electron chi connectivity index (χ2n) is 6.48. The summed E-state index contributed by atoms with van der Waals surface area (Å²) < 4.78 is 1.84. The number of nitrogens with zero attached hydrogens (tertiary/aromatic N) is 1. The molecule has 1 aromatic carbocycles. The molecule has 4 heteroatoms. The van der Waals surface area contributed by atoms with Crippen molar-refractivity contribution in [2.24, 2.45) is 5.41 Å². The fourth-order valence-corrected chi connectivity index (χ4v) is 4.59. The Morgan fingerprint density at radius 1 is 1.00 bits per heavy atom. The average Bonchev–Trinajstić information content (AvgIpc) is 2.51. The number of halogens is 2. The van der Waals surface area contributed by atoms with Gasteiger partial charge in [0.25, 0.3) is 5.91 Å². The minimum absolute atomic E-state index is 0.161. The van der Waals surface area contributed by atoms with Crippen molar-refractivity contribution in [3.05, 3.63) is 32.7 Å². The molecule has 1 spiro atoms. The molecule has 1 amide bonds. The molecule has 0 radical (unpaired) electrons. The van der Waals surface area contributed by atoms with Gasteiger partial charge in [0.1, 0.15) is 0 Å². The summed E-state index contributed by atoms with van der Waals surface area (Å²) in [7, 11) is 0. The molecular weight excluding hydrogens is 394 g/mol. The molecule has 0 N–H and O–H groups in total. The third-order valence-corrected chi connectivity index (χ3v) is 6.37. The van der Waals surface area contributed by atoms with E-state index >= 15 is 0 Å². The van der Waals surface area contributed by atoms with Crippen LogP contribution >= 0.6 is 31.9 Å². The van der Waals surface area contributed by atoms with E-state index in [1.54, 1.807) is 0 Å². The number of hydrogen-bond donors (Lipinski definition) is 0. The topological polar surface area (TPSA) is 20.3 Å². The maximum Gasteiger partial charge on any atom is 0.255 e. The second kappa shape index (κ2) is 6.41. The summed E-state index contributed by atoms with van der Waals surface area (Å²) in [6.45, 7) is 1.83. The standard InChI is InChI=1S/C17H21Br2NO/c18-13-4-5-15(19)14(12-13)16(21)20-10-8-17(9-11-20)6-2-1-3-7-17/h4-5,12H,1-3,6-11H2. The van der Waals surface area contributed by atoms with Crippen LogP contribution in [0.5, 0.6) is 0 Å². The molecule has 1 aliphatic carbocycles. The zero-order valence-corrected chi connectivity index (χ0v) is 15.4. The molecule has 1 aromatic rings. The number of rotatable bonds is 1. The minimum Gasteiger partial charge on any atom is -0.339 e. The van der Waals surface area contributed by atoms with Crippen molar-refractivity contribution in [2.45, 2.75) is 44.9 Å². The molecule has 0 aromatic heterocycles. The van der Waals surface area contributed by atoms with Gasteiger partial charge in [-0.15, -0.1) is 0 Å². The molecule has 3 rings (SSSR count). The molecule has 114 valence electrons. The second-order valence-corrected chi connectivity index (χ2v) is 8.25. The van der Waals surface area contributed by atoms with Gasteiger partial charge in [0.15, 0.2) is 0 Å². The summed E-state index contributed by atoms with van der Waals surface area (Å²) in [5.41, 5.74) is 1.31. The third kappa shape index (κ3) is 3.37. The van der Waals surface area contributed by atoms with E-state index in [-0.39, 0.29) is 5.91 Å². The Morgan fingerprint density at radius 2 is 1.67 bits per heavy atom. The van der Waals surface area contributed by atoms with Gasteiger partial charge in [-0.05, 0) is 65.2 Å². The highest BCUT2D eigenvalue weighted by Crippen LogP contribution is 2.44. The first-order chi connectivity index (χ1) is 10.1. The maximum absolute atomic E-state index is 12.7. The number of benzene rings is 1. The lowest BCUT2D eigenvalue weighted by atomic mass is 9.68. The molecule has 21 heavy (non-hydrogen) atoms. The lowest BCUT2D eigenvalue weighted by Crippen LogP contribution is -2.44. The SMILES string of the molecule is O=C(c1cc(Br)ccc1Br)N1CCC2(CCCCC2)CC1.